The molecule has 0 aliphatic heterocycles. The number of rotatable bonds is 3. The zero-order valence-corrected chi connectivity index (χ0v) is 12.4. The summed E-state index contributed by atoms with van der Waals surface area (Å²) >= 11 is 0. The lowest BCUT2D eigenvalue weighted by molar-refractivity contribution is 0.308. The molecule has 1 heterocycles. The summed E-state index contributed by atoms with van der Waals surface area (Å²) < 4.78 is 23.4. The predicted molar refractivity (Wildman–Crippen MR) is 76.5 cm³/mol. The fraction of sp³-hybridized carbons (Fsp3) is 0.643. The molecular formula is C14H22N2O2S. The number of aryl methyl sites for hydroxylation is 1. The minimum atomic E-state index is -2.95. The molecule has 0 amide bonds. The molecule has 2 rings (SSSR count). The fourth-order valence-corrected chi connectivity index (χ4v) is 4.20. The van der Waals surface area contributed by atoms with E-state index in [9.17, 15) is 8.42 Å². The lowest BCUT2D eigenvalue weighted by Crippen LogP contribution is -2.33. The predicted octanol–water partition coefficient (Wildman–Crippen LogP) is 1.99. The molecule has 0 aromatic carbocycles. The van der Waals surface area contributed by atoms with Crippen molar-refractivity contribution in [2.75, 3.05) is 6.26 Å². The van der Waals surface area contributed by atoms with Crippen molar-refractivity contribution in [1.82, 2.24) is 4.98 Å². The second kappa shape index (κ2) is 5.59. The minimum absolute atomic E-state index is 0.0902. The lowest BCUT2D eigenvalue weighted by Gasteiger charge is -2.32. The smallest absolute Gasteiger partial charge is 0.150 e. The van der Waals surface area contributed by atoms with E-state index in [4.69, 9.17) is 5.73 Å². The Morgan fingerprint density at radius 2 is 2.16 bits per heavy atom. The van der Waals surface area contributed by atoms with Gasteiger partial charge in [-0.2, -0.15) is 0 Å². The van der Waals surface area contributed by atoms with E-state index in [2.05, 4.69) is 4.98 Å². The summed E-state index contributed by atoms with van der Waals surface area (Å²) in [7, 11) is -2.95. The van der Waals surface area contributed by atoms with Gasteiger partial charge in [-0.1, -0.05) is 6.42 Å². The normalized spacial score (nSPS) is 26.1. The molecule has 106 valence electrons. The van der Waals surface area contributed by atoms with Crippen molar-refractivity contribution in [3.63, 3.8) is 0 Å². The quantitative estimate of drug-likeness (QED) is 0.920. The zero-order valence-electron chi connectivity index (χ0n) is 11.5. The van der Waals surface area contributed by atoms with Gasteiger partial charge < -0.3 is 5.73 Å². The summed E-state index contributed by atoms with van der Waals surface area (Å²) in [5.74, 6) is 0.245. The Hall–Kier alpha value is -0.940. The SMILES string of the molecule is Cc1cnccc1C(N)C1CCCC(S(C)(=O)=O)C1. The van der Waals surface area contributed by atoms with Crippen molar-refractivity contribution in [3.8, 4) is 0 Å². The highest BCUT2D eigenvalue weighted by Gasteiger charge is 2.32. The van der Waals surface area contributed by atoms with Gasteiger partial charge in [-0.3, -0.25) is 4.98 Å². The lowest BCUT2D eigenvalue weighted by atomic mass is 9.80. The number of hydrogen-bond acceptors (Lipinski definition) is 4. The first-order chi connectivity index (χ1) is 8.89. The van der Waals surface area contributed by atoms with Gasteiger partial charge in [0.1, 0.15) is 9.84 Å². The Morgan fingerprint density at radius 1 is 1.42 bits per heavy atom. The standard InChI is InChI=1S/C14H22N2O2S/c1-10-9-16-7-6-13(10)14(15)11-4-3-5-12(8-11)19(2,17)18/h6-7,9,11-12,14H,3-5,8,15H2,1-2H3. The van der Waals surface area contributed by atoms with E-state index in [0.717, 1.165) is 30.4 Å². The van der Waals surface area contributed by atoms with Gasteiger partial charge in [-0.15, -0.1) is 0 Å². The number of aromatic nitrogens is 1. The van der Waals surface area contributed by atoms with Crippen LogP contribution in [-0.4, -0.2) is 24.9 Å². The van der Waals surface area contributed by atoms with Gasteiger partial charge in [0, 0.05) is 24.7 Å². The number of sulfone groups is 1. The van der Waals surface area contributed by atoms with E-state index in [1.807, 2.05) is 19.2 Å². The number of hydrogen-bond donors (Lipinski definition) is 1. The van der Waals surface area contributed by atoms with Crippen LogP contribution >= 0.6 is 0 Å². The molecule has 1 aliphatic rings. The molecule has 1 aromatic rings. The third-order valence-electron chi connectivity index (χ3n) is 4.20. The maximum atomic E-state index is 11.7. The maximum Gasteiger partial charge on any atom is 0.150 e. The molecule has 3 atom stereocenters. The van der Waals surface area contributed by atoms with Crippen LogP contribution in [0.5, 0.6) is 0 Å². The molecule has 0 radical (unpaired) electrons. The van der Waals surface area contributed by atoms with Gasteiger partial charge >= 0.3 is 0 Å². The van der Waals surface area contributed by atoms with Gasteiger partial charge in [-0.25, -0.2) is 8.42 Å². The first kappa shape index (κ1) is 14.5. The highest BCUT2D eigenvalue weighted by Crippen LogP contribution is 2.36. The van der Waals surface area contributed by atoms with Crippen LogP contribution < -0.4 is 5.73 Å². The van der Waals surface area contributed by atoms with Crippen LogP contribution in [0.2, 0.25) is 0 Å². The number of nitrogens with zero attached hydrogens (tertiary/aromatic N) is 1. The monoisotopic (exact) mass is 282 g/mol. The van der Waals surface area contributed by atoms with E-state index in [-0.39, 0.29) is 17.2 Å². The third kappa shape index (κ3) is 3.34. The van der Waals surface area contributed by atoms with Crippen LogP contribution in [0, 0.1) is 12.8 Å². The van der Waals surface area contributed by atoms with Crippen molar-refractivity contribution in [3.05, 3.63) is 29.6 Å². The van der Waals surface area contributed by atoms with Crippen LogP contribution in [0.3, 0.4) is 0 Å². The molecule has 0 bridgehead atoms. The largest absolute Gasteiger partial charge is 0.324 e. The molecule has 1 aliphatic carbocycles. The second-order valence-electron chi connectivity index (χ2n) is 5.64. The van der Waals surface area contributed by atoms with Crippen molar-refractivity contribution < 1.29 is 8.42 Å². The summed E-state index contributed by atoms with van der Waals surface area (Å²) in [6.45, 7) is 2.00. The molecule has 1 fully saturated rings. The topological polar surface area (TPSA) is 73.0 Å². The molecule has 5 heteroatoms. The van der Waals surface area contributed by atoms with Crippen LogP contribution in [0.15, 0.2) is 18.5 Å². The van der Waals surface area contributed by atoms with Crippen LogP contribution in [0.25, 0.3) is 0 Å². The molecule has 1 saturated carbocycles. The third-order valence-corrected chi connectivity index (χ3v) is 5.84. The molecular weight excluding hydrogens is 260 g/mol. The summed E-state index contributed by atoms with van der Waals surface area (Å²) in [4.78, 5) is 4.08. The average Bonchev–Trinajstić information content (AvgIpc) is 2.38. The van der Waals surface area contributed by atoms with Crippen molar-refractivity contribution in [1.29, 1.82) is 0 Å². The Balaban J connectivity index is 2.16. The molecule has 1 aromatic heterocycles. The fourth-order valence-electron chi connectivity index (χ4n) is 3.01. The van der Waals surface area contributed by atoms with E-state index in [1.54, 1.807) is 6.20 Å². The maximum absolute atomic E-state index is 11.7. The number of pyridine rings is 1. The van der Waals surface area contributed by atoms with Crippen LogP contribution in [0.4, 0.5) is 0 Å². The molecule has 0 saturated heterocycles. The summed E-state index contributed by atoms with van der Waals surface area (Å²) in [6, 6.07) is 1.86. The van der Waals surface area contributed by atoms with Gasteiger partial charge in [0.25, 0.3) is 0 Å². The van der Waals surface area contributed by atoms with E-state index in [1.165, 1.54) is 6.26 Å². The van der Waals surface area contributed by atoms with Crippen molar-refractivity contribution in [2.24, 2.45) is 11.7 Å². The Bertz CT molecular complexity index is 542. The van der Waals surface area contributed by atoms with E-state index < -0.39 is 9.84 Å². The molecule has 19 heavy (non-hydrogen) atoms. The summed E-state index contributed by atoms with van der Waals surface area (Å²) in [6.07, 6.45) is 8.31. The van der Waals surface area contributed by atoms with Gasteiger partial charge in [0.15, 0.2) is 0 Å². The van der Waals surface area contributed by atoms with Crippen molar-refractivity contribution >= 4 is 9.84 Å². The van der Waals surface area contributed by atoms with Crippen LogP contribution in [-0.2, 0) is 9.84 Å². The van der Waals surface area contributed by atoms with Gasteiger partial charge in [0.05, 0.1) is 5.25 Å². The molecule has 2 N–H and O–H groups in total. The summed E-state index contributed by atoms with van der Waals surface area (Å²) in [5.41, 5.74) is 8.53. The highest BCUT2D eigenvalue weighted by atomic mass is 32.2. The molecule has 0 spiro atoms. The zero-order chi connectivity index (χ0) is 14.0. The molecule has 4 nitrogen and oxygen atoms in total. The second-order valence-corrected chi connectivity index (χ2v) is 7.96. The Morgan fingerprint density at radius 3 is 2.79 bits per heavy atom. The van der Waals surface area contributed by atoms with Gasteiger partial charge in [-0.05, 0) is 49.3 Å². The first-order valence-electron chi connectivity index (χ1n) is 6.74. The van der Waals surface area contributed by atoms with Gasteiger partial charge in [0.2, 0.25) is 0 Å². The first-order valence-corrected chi connectivity index (χ1v) is 8.70. The van der Waals surface area contributed by atoms with Crippen molar-refractivity contribution in [2.45, 2.75) is 43.9 Å². The van der Waals surface area contributed by atoms with Crippen LogP contribution in [0.1, 0.15) is 42.9 Å². The Kier molecular flexibility index (Phi) is 4.26. The minimum Gasteiger partial charge on any atom is -0.324 e. The Labute approximate surface area is 115 Å². The van der Waals surface area contributed by atoms with E-state index in [0.29, 0.717) is 6.42 Å². The van der Waals surface area contributed by atoms with E-state index >= 15 is 0 Å². The number of nitrogens with two attached hydrogens (primary N) is 1. The molecule has 3 unspecified atom stereocenters. The highest BCUT2D eigenvalue weighted by molar-refractivity contribution is 7.91. The average molecular weight is 282 g/mol. The summed E-state index contributed by atoms with van der Waals surface area (Å²) in [5, 5.41) is -0.223.